The summed E-state index contributed by atoms with van der Waals surface area (Å²) in [6.07, 6.45) is 1.39. The summed E-state index contributed by atoms with van der Waals surface area (Å²) in [6.45, 7) is 8.00. The zero-order valence-electron chi connectivity index (χ0n) is 10.9. The summed E-state index contributed by atoms with van der Waals surface area (Å²) in [6, 6.07) is -1.03. The monoisotopic (exact) mass is 242 g/mol. The molecule has 1 saturated carbocycles. The van der Waals surface area contributed by atoms with Crippen LogP contribution in [0.5, 0.6) is 0 Å². The fourth-order valence-corrected chi connectivity index (χ4v) is 1.76. The predicted octanol–water partition coefficient (Wildman–Crippen LogP) is 1.58. The van der Waals surface area contributed by atoms with Gasteiger partial charge in [0.05, 0.1) is 0 Å². The van der Waals surface area contributed by atoms with Gasteiger partial charge in [-0.3, -0.25) is 0 Å². The van der Waals surface area contributed by atoms with Crippen molar-refractivity contribution in [1.82, 2.24) is 10.6 Å². The average molecular weight is 242 g/mol. The molecule has 0 aromatic rings. The molecule has 3 N–H and O–H groups in total. The molecule has 2 atom stereocenters. The van der Waals surface area contributed by atoms with Crippen molar-refractivity contribution in [3.63, 3.8) is 0 Å². The van der Waals surface area contributed by atoms with Crippen molar-refractivity contribution >= 4 is 12.0 Å². The van der Waals surface area contributed by atoms with Crippen molar-refractivity contribution in [3.8, 4) is 0 Å². The maximum atomic E-state index is 11.6. The molecule has 1 aliphatic carbocycles. The summed E-state index contributed by atoms with van der Waals surface area (Å²) in [5, 5.41) is 14.3. The van der Waals surface area contributed by atoms with E-state index in [1.165, 1.54) is 0 Å². The minimum absolute atomic E-state index is 0.147. The molecule has 0 aromatic carbocycles. The van der Waals surface area contributed by atoms with Crippen molar-refractivity contribution < 1.29 is 14.7 Å². The molecule has 1 unspecified atom stereocenters. The summed E-state index contributed by atoms with van der Waals surface area (Å²) < 4.78 is 0. The first kappa shape index (κ1) is 13.8. The van der Waals surface area contributed by atoms with Gasteiger partial charge >= 0.3 is 12.0 Å². The van der Waals surface area contributed by atoms with Gasteiger partial charge in [0, 0.05) is 6.04 Å². The van der Waals surface area contributed by atoms with Crippen LogP contribution in [-0.4, -0.2) is 29.2 Å². The number of nitrogens with one attached hydrogen (secondary N) is 2. The van der Waals surface area contributed by atoms with Crippen molar-refractivity contribution in [2.75, 3.05) is 0 Å². The molecule has 1 fully saturated rings. The molecular weight excluding hydrogens is 220 g/mol. The SMILES string of the molecule is CC(C)C[C@H](NC(=O)NC1CC1(C)C)C(=O)O. The Labute approximate surface area is 102 Å². The summed E-state index contributed by atoms with van der Waals surface area (Å²) in [5.41, 5.74) is 0.147. The van der Waals surface area contributed by atoms with Gasteiger partial charge in [0.2, 0.25) is 0 Å². The van der Waals surface area contributed by atoms with Crippen LogP contribution in [0, 0.1) is 11.3 Å². The van der Waals surface area contributed by atoms with Gasteiger partial charge in [-0.05, 0) is 24.2 Å². The van der Waals surface area contributed by atoms with Crippen LogP contribution >= 0.6 is 0 Å². The second-order valence-corrected chi connectivity index (χ2v) is 5.88. The van der Waals surface area contributed by atoms with Gasteiger partial charge in [-0.15, -0.1) is 0 Å². The molecule has 5 heteroatoms. The molecule has 2 amide bonds. The van der Waals surface area contributed by atoms with Crippen LogP contribution in [0.1, 0.15) is 40.5 Å². The fraction of sp³-hybridized carbons (Fsp3) is 0.833. The molecule has 0 saturated heterocycles. The smallest absolute Gasteiger partial charge is 0.326 e. The highest BCUT2D eigenvalue weighted by Gasteiger charge is 2.46. The van der Waals surface area contributed by atoms with Crippen LogP contribution in [0.3, 0.4) is 0 Å². The highest BCUT2D eigenvalue weighted by molar-refractivity contribution is 5.82. The molecule has 5 nitrogen and oxygen atoms in total. The van der Waals surface area contributed by atoms with E-state index in [1.807, 2.05) is 13.8 Å². The molecule has 0 heterocycles. The van der Waals surface area contributed by atoms with Crippen LogP contribution in [0.15, 0.2) is 0 Å². The molecular formula is C12H22N2O3. The van der Waals surface area contributed by atoms with E-state index in [9.17, 15) is 9.59 Å². The maximum absolute atomic E-state index is 11.6. The Morgan fingerprint density at radius 2 is 1.94 bits per heavy atom. The number of carbonyl (C=O) groups is 2. The van der Waals surface area contributed by atoms with Crippen molar-refractivity contribution in [2.24, 2.45) is 11.3 Å². The van der Waals surface area contributed by atoms with Gasteiger partial charge in [-0.1, -0.05) is 27.7 Å². The van der Waals surface area contributed by atoms with Gasteiger partial charge in [0.1, 0.15) is 6.04 Å². The lowest BCUT2D eigenvalue weighted by molar-refractivity contribution is -0.139. The number of amides is 2. The normalized spacial score (nSPS) is 23.0. The fourth-order valence-electron chi connectivity index (χ4n) is 1.76. The molecule has 0 spiro atoms. The molecule has 0 aromatic heterocycles. The van der Waals surface area contributed by atoms with Crippen LogP contribution in [-0.2, 0) is 4.79 Å². The van der Waals surface area contributed by atoms with E-state index in [0.717, 1.165) is 6.42 Å². The van der Waals surface area contributed by atoms with Crippen molar-refractivity contribution in [3.05, 3.63) is 0 Å². The molecule has 0 bridgehead atoms. The lowest BCUT2D eigenvalue weighted by atomic mass is 10.0. The molecule has 17 heavy (non-hydrogen) atoms. The summed E-state index contributed by atoms with van der Waals surface area (Å²) in [4.78, 5) is 22.5. The Morgan fingerprint density at radius 1 is 1.41 bits per heavy atom. The number of urea groups is 1. The van der Waals surface area contributed by atoms with Gasteiger partial charge in [-0.25, -0.2) is 9.59 Å². The quantitative estimate of drug-likeness (QED) is 0.685. The van der Waals surface area contributed by atoms with Crippen LogP contribution < -0.4 is 10.6 Å². The third kappa shape index (κ3) is 4.24. The topological polar surface area (TPSA) is 78.4 Å². The Balaban J connectivity index is 2.39. The zero-order chi connectivity index (χ0) is 13.2. The van der Waals surface area contributed by atoms with E-state index < -0.39 is 12.0 Å². The number of hydrogen-bond donors (Lipinski definition) is 3. The highest BCUT2D eigenvalue weighted by Crippen LogP contribution is 2.44. The van der Waals surface area contributed by atoms with Crippen LogP contribution in [0.4, 0.5) is 4.79 Å². The van der Waals surface area contributed by atoms with E-state index in [4.69, 9.17) is 5.11 Å². The summed E-state index contributed by atoms with van der Waals surface area (Å²) in [5.74, 6) is -0.752. The Bertz CT molecular complexity index is 313. The lowest BCUT2D eigenvalue weighted by Gasteiger charge is -2.17. The van der Waals surface area contributed by atoms with Gasteiger partial charge in [-0.2, -0.15) is 0 Å². The van der Waals surface area contributed by atoms with E-state index >= 15 is 0 Å². The number of carboxylic acid groups (broad SMARTS) is 1. The minimum Gasteiger partial charge on any atom is -0.480 e. The minimum atomic E-state index is -0.982. The second-order valence-electron chi connectivity index (χ2n) is 5.88. The molecule has 1 rings (SSSR count). The maximum Gasteiger partial charge on any atom is 0.326 e. The van der Waals surface area contributed by atoms with Gasteiger partial charge in [0.15, 0.2) is 0 Å². The first-order chi connectivity index (χ1) is 7.72. The average Bonchev–Trinajstić information content (AvgIpc) is 2.71. The van der Waals surface area contributed by atoms with Crippen LogP contribution in [0.25, 0.3) is 0 Å². The Morgan fingerprint density at radius 3 is 2.29 bits per heavy atom. The van der Waals surface area contributed by atoms with E-state index in [2.05, 4.69) is 24.5 Å². The Hall–Kier alpha value is -1.26. The standard InChI is InChI=1S/C12H22N2O3/c1-7(2)5-8(10(15)16)13-11(17)14-9-6-12(9,3)4/h7-9H,5-6H2,1-4H3,(H,15,16)(H2,13,14,17)/t8-,9?/m0/s1. The number of rotatable bonds is 5. The third-order valence-electron chi connectivity index (χ3n) is 3.13. The molecule has 98 valence electrons. The number of hydrogen-bond acceptors (Lipinski definition) is 2. The first-order valence-electron chi connectivity index (χ1n) is 6.02. The van der Waals surface area contributed by atoms with E-state index in [0.29, 0.717) is 6.42 Å². The van der Waals surface area contributed by atoms with Gasteiger partial charge in [0.25, 0.3) is 0 Å². The predicted molar refractivity (Wildman–Crippen MR) is 64.7 cm³/mol. The number of carbonyl (C=O) groups excluding carboxylic acids is 1. The Kier molecular flexibility index (Phi) is 4.01. The lowest BCUT2D eigenvalue weighted by Crippen LogP contribution is -2.47. The van der Waals surface area contributed by atoms with Crippen LogP contribution in [0.2, 0.25) is 0 Å². The molecule has 0 aliphatic heterocycles. The van der Waals surface area contributed by atoms with Crippen molar-refractivity contribution in [2.45, 2.75) is 52.6 Å². The molecule has 1 aliphatic rings. The summed E-state index contributed by atoms with van der Waals surface area (Å²) >= 11 is 0. The third-order valence-corrected chi connectivity index (χ3v) is 3.13. The van der Waals surface area contributed by atoms with E-state index in [-0.39, 0.29) is 23.4 Å². The highest BCUT2D eigenvalue weighted by atomic mass is 16.4. The number of carboxylic acids is 1. The second kappa shape index (κ2) is 4.94. The molecule has 0 radical (unpaired) electrons. The van der Waals surface area contributed by atoms with Gasteiger partial charge < -0.3 is 15.7 Å². The van der Waals surface area contributed by atoms with E-state index in [1.54, 1.807) is 0 Å². The summed E-state index contributed by atoms with van der Waals surface area (Å²) in [7, 11) is 0. The zero-order valence-corrected chi connectivity index (χ0v) is 10.9. The largest absolute Gasteiger partial charge is 0.480 e. The van der Waals surface area contributed by atoms with Crippen molar-refractivity contribution in [1.29, 1.82) is 0 Å². The number of aliphatic carboxylic acids is 1. The first-order valence-corrected chi connectivity index (χ1v) is 6.02.